The molecule has 0 spiro atoms. The van der Waals surface area contributed by atoms with Crippen molar-refractivity contribution in [3.05, 3.63) is 90.3 Å². The third-order valence-corrected chi connectivity index (χ3v) is 6.54. The van der Waals surface area contributed by atoms with E-state index in [1.807, 2.05) is 48.9 Å². The number of hydrogen-bond donors (Lipinski definition) is 0. The molecular formula is C26H31Cl2F6FeN5O6S2+2. The molecule has 0 aromatic carbocycles. The Morgan fingerprint density at radius 1 is 0.667 bits per heavy atom. The Morgan fingerprint density at radius 2 is 0.958 bits per heavy atom. The van der Waals surface area contributed by atoms with Gasteiger partial charge in [0.25, 0.3) is 0 Å². The van der Waals surface area contributed by atoms with E-state index in [1.165, 1.54) is 0 Å². The number of pyridine rings is 3. The quantitative estimate of drug-likeness (QED) is 0.0950. The summed E-state index contributed by atoms with van der Waals surface area (Å²) in [6.45, 7) is 5.68. The van der Waals surface area contributed by atoms with Gasteiger partial charge in [0.2, 0.25) is 0 Å². The summed E-state index contributed by atoms with van der Waals surface area (Å²) < 4.78 is 118. The van der Waals surface area contributed by atoms with E-state index >= 15 is 0 Å². The molecular weight excluding hydrogens is 783 g/mol. The molecule has 48 heavy (non-hydrogen) atoms. The van der Waals surface area contributed by atoms with E-state index in [1.54, 1.807) is 0 Å². The van der Waals surface area contributed by atoms with Crippen LogP contribution in [0.25, 0.3) is 0 Å². The zero-order chi connectivity index (χ0) is 36.5. The van der Waals surface area contributed by atoms with Crippen molar-refractivity contribution in [3.63, 3.8) is 0 Å². The van der Waals surface area contributed by atoms with Crippen LogP contribution in [0.15, 0.2) is 73.2 Å². The Morgan fingerprint density at radius 3 is 1.19 bits per heavy atom. The predicted molar refractivity (Wildman–Crippen MR) is 161 cm³/mol. The van der Waals surface area contributed by atoms with Crippen LogP contribution in [0.4, 0.5) is 26.3 Å². The van der Waals surface area contributed by atoms with E-state index in [0.29, 0.717) is 0 Å². The third kappa shape index (κ3) is 19.8. The van der Waals surface area contributed by atoms with Gasteiger partial charge in [0.15, 0.2) is 20.2 Å². The number of nitrogens with zero attached hydrogens (tertiary/aromatic N) is 5. The van der Waals surface area contributed by atoms with Gasteiger partial charge in [-0.05, 0) is 50.5 Å². The van der Waals surface area contributed by atoms with Gasteiger partial charge in [0.05, 0.1) is 16.7 Å². The Balaban J connectivity index is 0. The van der Waals surface area contributed by atoms with Crippen LogP contribution in [0.2, 0.25) is 0 Å². The van der Waals surface area contributed by atoms with Gasteiger partial charge in [-0.25, -0.2) is 16.8 Å². The minimum Gasteiger partial charge on any atom is -0.741 e. The van der Waals surface area contributed by atoms with Gasteiger partial charge in [-0.15, -0.1) is 23.2 Å². The fraction of sp³-hybridized carbons (Fsp3) is 0.423. The first-order valence-corrected chi connectivity index (χ1v) is 16.6. The zero-order valence-corrected chi connectivity index (χ0v) is 29.6. The SMILES string of the molecule is CN(Cc1ccccn1)CC(C)(CN(C)Cc1ccccn1)c1ccccn1.ClCCl.O=S(=O)([O-])C(F)(F)F.O=S(=O)([O-])C(F)(F)F.[Fe+4]. The van der Waals surface area contributed by atoms with E-state index in [2.05, 4.69) is 70.0 Å². The van der Waals surface area contributed by atoms with Crippen molar-refractivity contribution in [3.8, 4) is 0 Å². The first-order chi connectivity index (χ1) is 21.5. The van der Waals surface area contributed by atoms with E-state index < -0.39 is 31.3 Å². The van der Waals surface area contributed by atoms with Gasteiger partial charge in [-0.2, -0.15) is 26.3 Å². The van der Waals surface area contributed by atoms with Crippen LogP contribution >= 0.6 is 23.2 Å². The molecule has 3 rings (SSSR count). The molecule has 270 valence electrons. The molecule has 3 heterocycles. The second kappa shape index (κ2) is 21.8. The van der Waals surface area contributed by atoms with Gasteiger partial charge in [0, 0.05) is 55.9 Å². The average molecular weight is 814 g/mol. The molecule has 0 atom stereocenters. The largest absolute Gasteiger partial charge is 4.00 e. The molecule has 0 bridgehead atoms. The summed E-state index contributed by atoms with van der Waals surface area (Å²) in [5, 5.41) is 0.194. The van der Waals surface area contributed by atoms with Crippen LogP contribution in [-0.2, 0) is 55.8 Å². The molecule has 0 unspecified atom stereocenters. The van der Waals surface area contributed by atoms with Gasteiger partial charge >= 0.3 is 28.1 Å². The maximum absolute atomic E-state index is 10.7. The molecule has 0 radical (unpaired) electrons. The molecule has 0 aliphatic heterocycles. The van der Waals surface area contributed by atoms with E-state index in [-0.39, 0.29) is 27.8 Å². The maximum Gasteiger partial charge on any atom is 4.00 e. The van der Waals surface area contributed by atoms with E-state index in [9.17, 15) is 26.3 Å². The van der Waals surface area contributed by atoms with Crippen LogP contribution in [0.1, 0.15) is 24.0 Å². The van der Waals surface area contributed by atoms with Crippen molar-refractivity contribution in [2.75, 3.05) is 32.5 Å². The van der Waals surface area contributed by atoms with Gasteiger partial charge in [-0.1, -0.05) is 25.1 Å². The average Bonchev–Trinajstić information content (AvgIpc) is 2.93. The van der Waals surface area contributed by atoms with Crippen molar-refractivity contribution in [2.45, 2.75) is 36.4 Å². The number of halogens is 8. The molecule has 0 fully saturated rings. The van der Waals surface area contributed by atoms with E-state index in [4.69, 9.17) is 49.1 Å². The summed E-state index contributed by atoms with van der Waals surface area (Å²) in [7, 11) is -7.89. The van der Waals surface area contributed by atoms with Crippen molar-refractivity contribution >= 4 is 43.4 Å². The van der Waals surface area contributed by atoms with Crippen LogP contribution in [0, 0.1) is 0 Å². The van der Waals surface area contributed by atoms with Crippen LogP contribution < -0.4 is 0 Å². The Labute approximate surface area is 295 Å². The van der Waals surface area contributed by atoms with Gasteiger partial charge in [-0.3, -0.25) is 24.8 Å². The fourth-order valence-electron chi connectivity index (χ4n) is 3.77. The number of rotatable bonds is 9. The first-order valence-electron chi connectivity index (χ1n) is 12.7. The Bertz CT molecular complexity index is 1430. The smallest absolute Gasteiger partial charge is 0.741 e. The van der Waals surface area contributed by atoms with Crippen molar-refractivity contribution in [1.29, 1.82) is 0 Å². The topological polar surface area (TPSA) is 160 Å². The molecule has 0 aliphatic carbocycles. The molecule has 11 nitrogen and oxygen atoms in total. The minimum atomic E-state index is -6.09. The monoisotopic (exact) mass is 813 g/mol. The summed E-state index contributed by atoms with van der Waals surface area (Å²) in [4.78, 5) is 18.3. The van der Waals surface area contributed by atoms with Crippen molar-refractivity contribution in [1.82, 2.24) is 24.8 Å². The normalized spacial score (nSPS) is 12.0. The number of likely N-dealkylation sites (N-methyl/N-ethyl adjacent to an activating group) is 2. The number of alkyl halides is 8. The molecule has 0 saturated carbocycles. The van der Waals surface area contributed by atoms with E-state index in [0.717, 1.165) is 43.3 Å². The van der Waals surface area contributed by atoms with Crippen molar-refractivity contribution < 1.29 is 69.4 Å². The summed E-state index contributed by atoms with van der Waals surface area (Å²) in [6, 6.07) is 18.3. The van der Waals surface area contributed by atoms with Crippen LogP contribution in [0.3, 0.4) is 0 Å². The second-order valence-corrected chi connectivity index (χ2v) is 13.2. The Kier molecular flexibility index (Phi) is 21.8. The van der Waals surface area contributed by atoms with Gasteiger partial charge in [0.1, 0.15) is 0 Å². The zero-order valence-electron chi connectivity index (χ0n) is 25.3. The predicted octanol–water partition coefficient (Wildman–Crippen LogP) is 4.92. The number of hydrogen-bond acceptors (Lipinski definition) is 11. The van der Waals surface area contributed by atoms with Crippen molar-refractivity contribution in [2.24, 2.45) is 0 Å². The minimum absolute atomic E-state index is 0. The second-order valence-electron chi connectivity index (χ2n) is 9.66. The maximum atomic E-state index is 10.7. The summed E-state index contributed by atoms with van der Waals surface area (Å²) >= 11 is 9.53. The van der Waals surface area contributed by atoms with Crippen LogP contribution in [0.5, 0.6) is 0 Å². The molecule has 0 aliphatic rings. The van der Waals surface area contributed by atoms with Gasteiger partial charge < -0.3 is 9.11 Å². The fourth-order valence-corrected chi connectivity index (χ4v) is 3.77. The summed E-state index contributed by atoms with van der Waals surface area (Å²) in [5.74, 6) is 0. The molecule has 0 N–H and O–H groups in total. The molecule has 0 saturated heterocycles. The number of aromatic nitrogens is 3. The Hall–Kier alpha value is -2.13. The molecule has 3 aromatic heterocycles. The molecule has 3 aromatic rings. The standard InChI is InChI=1S/C23H29N5.CH2Cl2.2CHF3O3S.Fe/c1-23(22-12-6-9-15-26-22,18-27(2)16-20-10-4-7-13-24-20)19-28(3)17-21-11-5-8-14-25-21;2-1-3;2*2-1(3,4)8(5,6)7;/h4-15H,16-19H2,1-3H3;1H2;2*(H,5,6,7);/q;;;;+4/p-2. The summed E-state index contributed by atoms with van der Waals surface area (Å²) in [5.41, 5.74) is -8.14. The first kappa shape index (κ1) is 48.0. The molecule has 0 amide bonds. The summed E-state index contributed by atoms with van der Waals surface area (Å²) in [6.07, 6.45) is 5.58. The third-order valence-electron chi connectivity index (χ3n) is 5.40. The van der Waals surface area contributed by atoms with Crippen LogP contribution in [-0.4, -0.2) is 94.2 Å². The molecule has 22 heteroatoms.